The zero-order valence-electron chi connectivity index (χ0n) is 17.5. The van der Waals surface area contributed by atoms with Gasteiger partial charge >= 0.3 is 0 Å². The number of carbonyl (C=O) groups is 1. The number of amides is 1. The van der Waals surface area contributed by atoms with Crippen LogP contribution in [0.5, 0.6) is 0 Å². The molecule has 0 aliphatic heterocycles. The van der Waals surface area contributed by atoms with Crippen molar-refractivity contribution in [2.24, 2.45) is 0 Å². The maximum Gasteiger partial charge on any atom is 0.287 e. The van der Waals surface area contributed by atoms with Crippen molar-refractivity contribution in [1.82, 2.24) is 19.9 Å². The molecule has 4 aromatic rings. The molecule has 1 aliphatic rings. The van der Waals surface area contributed by atoms with E-state index in [4.69, 9.17) is 4.42 Å². The van der Waals surface area contributed by atoms with Crippen molar-refractivity contribution in [2.45, 2.75) is 38.3 Å². The average Bonchev–Trinajstić information content (AvgIpc) is 3.58. The van der Waals surface area contributed by atoms with Crippen molar-refractivity contribution in [3.8, 4) is 22.7 Å². The van der Waals surface area contributed by atoms with Gasteiger partial charge < -0.3 is 14.3 Å². The zero-order chi connectivity index (χ0) is 21.9. The van der Waals surface area contributed by atoms with E-state index in [0.717, 1.165) is 29.7 Å². The predicted molar refractivity (Wildman–Crippen MR) is 118 cm³/mol. The van der Waals surface area contributed by atoms with Gasteiger partial charge in [0.05, 0.1) is 12.0 Å². The number of furan rings is 1. The lowest BCUT2D eigenvalue weighted by molar-refractivity contribution is 0.0924. The summed E-state index contributed by atoms with van der Waals surface area (Å²) in [6, 6.07) is 13.8. The molecule has 1 aliphatic carbocycles. The van der Waals surface area contributed by atoms with E-state index in [1.54, 1.807) is 36.7 Å². The van der Waals surface area contributed by atoms with Crippen LogP contribution in [-0.2, 0) is 6.54 Å². The van der Waals surface area contributed by atoms with Gasteiger partial charge in [-0.1, -0.05) is 18.9 Å². The van der Waals surface area contributed by atoms with Crippen LogP contribution in [0.25, 0.3) is 22.7 Å². The Hall–Kier alpha value is -3.74. The highest BCUT2D eigenvalue weighted by atomic mass is 19.1. The summed E-state index contributed by atoms with van der Waals surface area (Å²) >= 11 is 0. The Morgan fingerprint density at radius 2 is 1.94 bits per heavy atom. The molecule has 3 heterocycles. The van der Waals surface area contributed by atoms with E-state index in [0.29, 0.717) is 24.0 Å². The van der Waals surface area contributed by atoms with E-state index in [9.17, 15) is 9.18 Å². The number of nitrogens with one attached hydrogen (secondary N) is 1. The molecule has 1 N–H and O–H groups in total. The van der Waals surface area contributed by atoms with Crippen molar-refractivity contribution < 1.29 is 13.6 Å². The lowest BCUT2D eigenvalue weighted by Gasteiger charge is -2.15. The van der Waals surface area contributed by atoms with Gasteiger partial charge in [0.15, 0.2) is 11.5 Å². The molecule has 0 bridgehead atoms. The normalized spacial score (nSPS) is 14.0. The third kappa shape index (κ3) is 4.06. The smallest absolute Gasteiger partial charge is 0.287 e. The van der Waals surface area contributed by atoms with Crippen molar-refractivity contribution >= 4 is 5.91 Å². The standard InChI is InChI=1S/C25H23FN4O2/c26-19-9-7-18(8-10-19)23-24(30(16-29-23)20-5-1-2-6-20)21-11-12-22(32-21)25(31)28-15-17-4-3-13-27-14-17/h3-4,7-14,16,20H,1-2,5-6,15H2,(H,28,31). The second-order valence-electron chi connectivity index (χ2n) is 8.00. The van der Waals surface area contributed by atoms with Crippen LogP contribution < -0.4 is 5.32 Å². The minimum atomic E-state index is -0.296. The van der Waals surface area contributed by atoms with Crippen molar-refractivity contribution in [1.29, 1.82) is 0 Å². The number of benzene rings is 1. The topological polar surface area (TPSA) is 73.0 Å². The molecule has 5 rings (SSSR count). The summed E-state index contributed by atoms with van der Waals surface area (Å²) in [6.45, 7) is 0.365. The first-order valence-electron chi connectivity index (χ1n) is 10.8. The predicted octanol–water partition coefficient (Wildman–Crippen LogP) is 5.39. The Bertz CT molecular complexity index is 1210. The molecule has 1 aromatic carbocycles. The third-order valence-electron chi connectivity index (χ3n) is 5.87. The highest BCUT2D eigenvalue weighted by Gasteiger charge is 2.25. The summed E-state index contributed by atoms with van der Waals surface area (Å²) in [5.74, 6) is 0.208. The Balaban J connectivity index is 1.45. The molecule has 6 nitrogen and oxygen atoms in total. The van der Waals surface area contributed by atoms with Crippen LogP contribution in [0, 0.1) is 5.82 Å². The van der Waals surface area contributed by atoms with Crippen molar-refractivity contribution in [2.75, 3.05) is 0 Å². The number of pyridine rings is 1. The van der Waals surface area contributed by atoms with Gasteiger partial charge in [-0.2, -0.15) is 0 Å². The summed E-state index contributed by atoms with van der Waals surface area (Å²) in [5.41, 5.74) is 3.24. The fourth-order valence-corrected chi connectivity index (χ4v) is 4.24. The second-order valence-corrected chi connectivity index (χ2v) is 8.00. The first-order chi connectivity index (χ1) is 15.7. The maximum absolute atomic E-state index is 13.5. The van der Waals surface area contributed by atoms with Gasteiger partial charge in [0.2, 0.25) is 0 Å². The van der Waals surface area contributed by atoms with Gasteiger partial charge in [-0.15, -0.1) is 0 Å². The van der Waals surface area contributed by atoms with Crippen LogP contribution in [0.15, 0.2) is 71.7 Å². The fourth-order valence-electron chi connectivity index (χ4n) is 4.24. The van der Waals surface area contributed by atoms with Crippen LogP contribution in [0.2, 0.25) is 0 Å². The molecule has 162 valence electrons. The second kappa shape index (κ2) is 8.78. The average molecular weight is 430 g/mol. The number of hydrogen-bond donors (Lipinski definition) is 1. The molecule has 0 radical (unpaired) electrons. The summed E-state index contributed by atoms with van der Waals surface area (Å²) in [6.07, 6.45) is 9.73. The number of hydrogen-bond acceptors (Lipinski definition) is 4. The molecule has 32 heavy (non-hydrogen) atoms. The molecule has 3 aromatic heterocycles. The molecule has 0 saturated heterocycles. The fraction of sp³-hybridized carbons (Fsp3) is 0.240. The largest absolute Gasteiger partial charge is 0.449 e. The highest BCUT2D eigenvalue weighted by molar-refractivity contribution is 5.92. The summed E-state index contributed by atoms with van der Waals surface area (Å²) in [4.78, 5) is 21.3. The Morgan fingerprint density at radius 1 is 1.12 bits per heavy atom. The SMILES string of the molecule is O=C(NCc1cccnc1)c1ccc(-c2c(-c3ccc(F)cc3)ncn2C2CCCC2)o1. The molecule has 0 atom stereocenters. The van der Waals surface area contributed by atoms with E-state index in [1.165, 1.54) is 25.0 Å². The van der Waals surface area contributed by atoms with Gasteiger partial charge in [0.1, 0.15) is 11.5 Å². The zero-order valence-corrected chi connectivity index (χ0v) is 17.5. The van der Waals surface area contributed by atoms with Crippen LogP contribution in [0.1, 0.15) is 47.8 Å². The number of carbonyl (C=O) groups excluding carboxylic acids is 1. The maximum atomic E-state index is 13.5. The quantitative estimate of drug-likeness (QED) is 0.445. The Labute approximate surface area is 185 Å². The summed E-state index contributed by atoms with van der Waals surface area (Å²) < 4.78 is 21.6. The van der Waals surface area contributed by atoms with E-state index in [-0.39, 0.29) is 17.5 Å². The first-order valence-corrected chi connectivity index (χ1v) is 10.8. The summed E-state index contributed by atoms with van der Waals surface area (Å²) in [7, 11) is 0. The molecule has 1 fully saturated rings. The number of imidazole rings is 1. The molecule has 7 heteroatoms. The first kappa shape index (κ1) is 20.2. The molecular formula is C25H23FN4O2. The number of aromatic nitrogens is 3. The van der Waals surface area contributed by atoms with Crippen molar-refractivity contribution in [3.05, 3.63) is 84.4 Å². The molecule has 1 amide bonds. The Kier molecular flexibility index (Phi) is 5.54. The number of nitrogens with zero attached hydrogens (tertiary/aromatic N) is 3. The van der Waals surface area contributed by atoms with Gasteiger partial charge in [0.25, 0.3) is 5.91 Å². The van der Waals surface area contributed by atoms with Crippen molar-refractivity contribution in [3.63, 3.8) is 0 Å². The number of halogens is 1. The monoisotopic (exact) mass is 430 g/mol. The lowest BCUT2D eigenvalue weighted by Crippen LogP contribution is -2.22. The van der Waals surface area contributed by atoms with Gasteiger partial charge in [-0.25, -0.2) is 9.37 Å². The van der Waals surface area contributed by atoms with E-state index in [1.807, 2.05) is 18.5 Å². The summed E-state index contributed by atoms with van der Waals surface area (Å²) in [5, 5.41) is 2.86. The Morgan fingerprint density at radius 3 is 2.69 bits per heavy atom. The van der Waals surface area contributed by atoms with Gasteiger partial charge in [-0.05, 0) is 60.9 Å². The minimum Gasteiger partial charge on any atom is -0.449 e. The molecule has 0 spiro atoms. The van der Waals surface area contributed by atoms with Crippen LogP contribution in [0.3, 0.4) is 0 Å². The van der Waals surface area contributed by atoms with Gasteiger partial charge in [-0.3, -0.25) is 9.78 Å². The lowest BCUT2D eigenvalue weighted by atomic mass is 10.1. The third-order valence-corrected chi connectivity index (χ3v) is 5.87. The van der Waals surface area contributed by atoms with E-state index < -0.39 is 0 Å². The van der Waals surface area contributed by atoms with E-state index in [2.05, 4.69) is 19.9 Å². The molecule has 1 saturated carbocycles. The number of rotatable bonds is 6. The van der Waals surface area contributed by atoms with Crippen LogP contribution in [0.4, 0.5) is 4.39 Å². The molecule has 0 unspecified atom stereocenters. The van der Waals surface area contributed by atoms with Crippen LogP contribution >= 0.6 is 0 Å². The highest BCUT2D eigenvalue weighted by Crippen LogP contribution is 2.39. The minimum absolute atomic E-state index is 0.230. The van der Waals surface area contributed by atoms with Crippen LogP contribution in [-0.4, -0.2) is 20.4 Å². The van der Waals surface area contributed by atoms with E-state index >= 15 is 0 Å². The molecular weight excluding hydrogens is 407 g/mol. The van der Waals surface area contributed by atoms with Gasteiger partial charge in [0, 0.05) is 30.5 Å².